The molecule has 0 atom stereocenters. The van der Waals surface area contributed by atoms with Crippen LogP contribution in [0.4, 0.5) is 0 Å². The van der Waals surface area contributed by atoms with Crippen LogP contribution in [-0.2, 0) is 6.54 Å². The lowest BCUT2D eigenvalue weighted by molar-refractivity contribution is 0.235. The third-order valence-corrected chi connectivity index (χ3v) is 3.24. The predicted molar refractivity (Wildman–Crippen MR) is 88.9 cm³/mol. The zero-order valence-corrected chi connectivity index (χ0v) is 14.1. The fourth-order valence-electron chi connectivity index (χ4n) is 2.19. The number of nitrogens with zero attached hydrogens (tertiary/aromatic N) is 2. The minimum atomic E-state index is 0.536. The fraction of sp³-hybridized carbons (Fsp3) is 0.600. The van der Waals surface area contributed by atoms with E-state index in [1.54, 1.807) is 26.5 Å². The number of hydrogen-bond acceptors (Lipinski definition) is 5. The molecular formula is C15H25N3O2S. The Balaban J connectivity index is 2.88. The second-order valence-corrected chi connectivity index (χ2v) is 5.86. The number of aromatic nitrogens is 1. The SMILES string of the molecule is COc1ccnc(CN(CCC(N)=S)CC(C)C)c1OC. The lowest BCUT2D eigenvalue weighted by Gasteiger charge is -2.24. The van der Waals surface area contributed by atoms with E-state index in [0.717, 1.165) is 18.8 Å². The molecule has 21 heavy (non-hydrogen) atoms. The first-order chi connectivity index (χ1) is 9.97. The average Bonchev–Trinajstić information content (AvgIpc) is 2.43. The van der Waals surface area contributed by atoms with Crippen LogP contribution in [0.2, 0.25) is 0 Å². The van der Waals surface area contributed by atoms with Crippen molar-refractivity contribution in [1.82, 2.24) is 9.88 Å². The Hall–Kier alpha value is -1.40. The Morgan fingerprint density at radius 3 is 2.62 bits per heavy atom. The normalized spacial score (nSPS) is 11.0. The fourth-order valence-corrected chi connectivity index (χ4v) is 2.29. The van der Waals surface area contributed by atoms with Crippen molar-refractivity contribution in [2.75, 3.05) is 27.3 Å². The van der Waals surface area contributed by atoms with Gasteiger partial charge in [-0.1, -0.05) is 26.1 Å². The van der Waals surface area contributed by atoms with E-state index in [0.29, 0.717) is 35.4 Å². The van der Waals surface area contributed by atoms with Crippen LogP contribution in [0.3, 0.4) is 0 Å². The minimum absolute atomic E-state index is 0.536. The van der Waals surface area contributed by atoms with Crippen LogP contribution in [0, 0.1) is 5.92 Å². The molecule has 0 aliphatic rings. The highest BCUT2D eigenvalue weighted by molar-refractivity contribution is 7.80. The molecule has 0 aliphatic carbocycles. The largest absolute Gasteiger partial charge is 0.493 e. The van der Waals surface area contributed by atoms with E-state index in [-0.39, 0.29) is 0 Å². The van der Waals surface area contributed by atoms with Gasteiger partial charge in [-0.3, -0.25) is 9.88 Å². The van der Waals surface area contributed by atoms with E-state index in [1.807, 2.05) is 0 Å². The number of pyridine rings is 1. The molecule has 0 unspecified atom stereocenters. The predicted octanol–water partition coefficient (Wildman–Crippen LogP) is 2.23. The van der Waals surface area contributed by atoms with Gasteiger partial charge in [0.25, 0.3) is 0 Å². The summed E-state index contributed by atoms with van der Waals surface area (Å²) in [6, 6.07) is 1.80. The van der Waals surface area contributed by atoms with Crippen LogP contribution < -0.4 is 15.2 Å². The lowest BCUT2D eigenvalue weighted by Crippen LogP contribution is -2.31. The second kappa shape index (κ2) is 8.79. The highest BCUT2D eigenvalue weighted by Crippen LogP contribution is 2.29. The Morgan fingerprint density at radius 1 is 1.38 bits per heavy atom. The van der Waals surface area contributed by atoms with Crippen LogP contribution in [-0.4, -0.2) is 42.2 Å². The number of rotatable bonds is 9. The van der Waals surface area contributed by atoms with Crippen LogP contribution >= 0.6 is 12.2 Å². The molecule has 0 amide bonds. The Kier molecular flexibility index (Phi) is 7.39. The summed E-state index contributed by atoms with van der Waals surface area (Å²) in [7, 11) is 3.26. The van der Waals surface area contributed by atoms with E-state index in [4.69, 9.17) is 27.4 Å². The molecule has 1 aromatic rings. The van der Waals surface area contributed by atoms with Crippen molar-refractivity contribution in [3.63, 3.8) is 0 Å². The zero-order valence-electron chi connectivity index (χ0n) is 13.3. The molecule has 0 bridgehead atoms. The summed E-state index contributed by atoms with van der Waals surface area (Å²) in [5.74, 6) is 1.93. The summed E-state index contributed by atoms with van der Waals surface area (Å²) in [6.45, 7) is 6.81. The van der Waals surface area contributed by atoms with Crippen LogP contribution in [0.1, 0.15) is 26.0 Å². The highest BCUT2D eigenvalue weighted by atomic mass is 32.1. The van der Waals surface area contributed by atoms with Gasteiger partial charge in [0.1, 0.15) is 5.69 Å². The highest BCUT2D eigenvalue weighted by Gasteiger charge is 2.16. The number of methoxy groups -OCH3 is 2. The molecule has 1 aromatic heterocycles. The van der Waals surface area contributed by atoms with E-state index >= 15 is 0 Å². The Bertz CT molecular complexity index is 466. The third kappa shape index (κ3) is 5.85. The zero-order chi connectivity index (χ0) is 15.8. The van der Waals surface area contributed by atoms with E-state index in [1.165, 1.54) is 0 Å². The molecule has 0 aromatic carbocycles. The Morgan fingerprint density at radius 2 is 2.10 bits per heavy atom. The van der Waals surface area contributed by atoms with Gasteiger partial charge in [0.2, 0.25) is 0 Å². The van der Waals surface area contributed by atoms with Crippen molar-refractivity contribution in [2.45, 2.75) is 26.8 Å². The molecule has 2 N–H and O–H groups in total. The standard InChI is InChI=1S/C15H25N3O2S/c1-11(2)9-18(8-6-14(16)21)10-12-15(20-4)13(19-3)5-7-17-12/h5,7,11H,6,8-10H2,1-4H3,(H2,16,21). The second-order valence-electron chi connectivity index (χ2n) is 5.34. The van der Waals surface area contributed by atoms with E-state index in [9.17, 15) is 0 Å². The van der Waals surface area contributed by atoms with Crippen molar-refractivity contribution in [2.24, 2.45) is 11.7 Å². The van der Waals surface area contributed by atoms with Crippen LogP contribution in [0.5, 0.6) is 11.5 Å². The molecule has 6 heteroatoms. The Labute approximate surface area is 132 Å². The summed E-state index contributed by atoms with van der Waals surface area (Å²) >= 11 is 4.97. The van der Waals surface area contributed by atoms with Gasteiger partial charge in [-0.05, 0) is 5.92 Å². The van der Waals surface area contributed by atoms with Gasteiger partial charge in [0, 0.05) is 38.3 Å². The topological polar surface area (TPSA) is 60.6 Å². The minimum Gasteiger partial charge on any atom is -0.493 e. The molecule has 5 nitrogen and oxygen atoms in total. The quantitative estimate of drug-likeness (QED) is 0.706. The molecule has 0 saturated heterocycles. The third-order valence-electron chi connectivity index (χ3n) is 3.04. The average molecular weight is 311 g/mol. The molecule has 0 saturated carbocycles. The summed E-state index contributed by atoms with van der Waals surface area (Å²) in [5, 5.41) is 0. The molecule has 0 spiro atoms. The van der Waals surface area contributed by atoms with Crippen LogP contribution in [0.15, 0.2) is 12.3 Å². The van der Waals surface area contributed by atoms with Crippen molar-refractivity contribution >= 4 is 17.2 Å². The van der Waals surface area contributed by atoms with Crippen molar-refractivity contribution in [1.29, 1.82) is 0 Å². The van der Waals surface area contributed by atoms with Gasteiger partial charge in [0.05, 0.1) is 19.2 Å². The van der Waals surface area contributed by atoms with Gasteiger partial charge in [-0.25, -0.2) is 0 Å². The molecule has 1 heterocycles. The van der Waals surface area contributed by atoms with Crippen molar-refractivity contribution < 1.29 is 9.47 Å². The first kappa shape index (κ1) is 17.7. The van der Waals surface area contributed by atoms with E-state index < -0.39 is 0 Å². The smallest absolute Gasteiger partial charge is 0.183 e. The maximum Gasteiger partial charge on any atom is 0.183 e. The van der Waals surface area contributed by atoms with Gasteiger partial charge in [-0.15, -0.1) is 0 Å². The number of thiocarbonyl (C=S) groups is 1. The maximum absolute atomic E-state index is 5.61. The van der Waals surface area contributed by atoms with Gasteiger partial charge in [0.15, 0.2) is 11.5 Å². The first-order valence-electron chi connectivity index (χ1n) is 7.04. The van der Waals surface area contributed by atoms with Gasteiger partial charge < -0.3 is 15.2 Å². The summed E-state index contributed by atoms with van der Waals surface area (Å²) in [6.07, 6.45) is 2.44. The van der Waals surface area contributed by atoms with Crippen molar-refractivity contribution in [3.8, 4) is 11.5 Å². The lowest BCUT2D eigenvalue weighted by atomic mass is 10.2. The monoisotopic (exact) mass is 311 g/mol. The molecular weight excluding hydrogens is 286 g/mol. The summed E-state index contributed by atoms with van der Waals surface area (Å²) in [4.78, 5) is 7.24. The molecule has 0 radical (unpaired) electrons. The van der Waals surface area contributed by atoms with E-state index in [2.05, 4.69) is 23.7 Å². The van der Waals surface area contributed by atoms with Gasteiger partial charge >= 0.3 is 0 Å². The molecule has 118 valence electrons. The number of ether oxygens (including phenoxy) is 2. The number of hydrogen-bond donors (Lipinski definition) is 1. The van der Waals surface area contributed by atoms with Gasteiger partial charge in [-0.2, -0.15) is 0 Å². The van der Waals surface area contributed by atoms with Crippen molar-refractivity contribution in [3.05, 3.63) is 18.0 Å². The number of nitrogens with two attached hydrogens (primary N) is 1. The maximum atomic E-state index is 5.61. The molecule has 0 aliphatic heterocycles. The summed E-state index contributed by atoms with van der Waals surface area (Å²) < 4.78 is 10.7. The van der Waals surface area contributed by atoms with Crippen LogP contribution in [0.25, 0.3) is 0 Å². The molecule has 0 fully saturated rings. The summed E-state index contributed by atoms with van der Waals surface area (Å²) in [5.41, 5.74) is 6.47. The molecule has 1 rings (SSSR count). The first-order valence-corrected chi connectivity index (χ1v) is 7.45.